The topological polar surface area (TPSA) is 55.6 Å². The SMILES string of the molecule is Cc1ccc(N2CCOC2=O)c(N)c1. The highest BCUT2D eigenvalue weighted by atomic mass is 16.6. The van der Waals surface area contributed by atoms with Crippen molar-refractivity contribution >= 4 is 17.5 Å². The van der Waals surface area contributed by atoms with Crippen molar-refractivity contribution in [3.05, 3.63) is 23.8 Å². The summed E-state index contributed by atoms with van der Waals surface area (Å²) in [7, 11) is 0. The molecule has 0 bridgehead atoms. The normalized spacial score (nSPS) is 15.8. The lowest BCUT2D eigenvalue weighted by Crippen LogP contribution is -2.24. The second-order valence-corrected chi connectivity index (χ2v) is 3.33. The molecule has 2 N–H and O–H groups in total. The van der Waals surface area contributed by atoms with E-state index in [-0.39, 0.29) is 6.09 Å². The highest BCUT2D eigenvalue weighted by Gasteiger charge is 2.24. The summed E-state index contributed by atoms with van der Waals surface area (Å²) in [5, 5.41) is 0. The van der Waals surface area contributed by atoms with E-state index < -0.39 is 0 Å². The molecule has 1 amide bonds. The predicted molar refractivity (Wildman–Crippen MR) is 54.3 cm³/mol. The Bertz CT molecular complexity index is 376. The van der Waals surface area contributed by atoms with Crippen LogP contribution in [0.2, 0.25) is 0 Å². The van der Waals surface area contributed by atoms with Crippen LogP contribution in [0.25, 0.3) is 0 Å². The second-order valence-electron chi connectivity index (χ2n) is 3.33. The maximum atomic E-state index is 11.3. The minimum absolute atomic E-state index is 0.319. The van der Waals surface area contributed by atoms with Crippen molar-refractivity contribution in [1.82, 2.24) is 0 Å². The molecule has 2 rings (SSSR count). The molecule has 0 unspecified atom stereocenters. The molecule has 1 heterocycles. The number of hydrogen-bond acceptors (Lipinski definition) is 3. The zero-order valence-electron chi connectivity index (χ0n) is 7.99. The van der Waals surface area contributed by atoms with Crippen LogP contribution in [0.15, 0.2) is 18.2 Å². The fraction of sp³-hybridized carbons (Fsp3) is 0.300. The van der Waals surface area contributed by atoms with Crippen LogP contribution in [0.3, 0.4) is 0 Å². The summed E-state index contributed by atoms with van der Waals surface area (Å²) in [6.07, 6.45) is -0.319. The van der Waals surface area contributed by atoms with Crippen LogP contribution in [-0.2, 0) is 4.74 Å². The van der Waals surface area contributed by atoms with Crippen molar-refractivity contribution in [2.24, 2.45) is 0 Å². The number of nitrogens with two attached hydrogens (primary N) is 1. The van der Waals surface area contributed by atoms with E-state index in [0.717, 1.165) is 11.3 Å². The Morgan fingerprint density at radius 1 is 1.50 bits per heavy atom. The van der Waals surface area contributed by atoms with Gasteiger partial charge in [-0.05, 0) is 24.6 Å². The van der Waals surface area contributed by atoms with E-state index >= 15 is 0 Å². The van der Waals surface area contributed by atoms with Crippen LogP contribution < -0.4 is 10.6 Å². The summed E-state index contributed by atoms with van der Waals surface area (Å²) < 4.78 is 4.84. The van der Waals surface area contributed by atoms with Gasteiger partial charge in [0.25, 0.3) is 0 Å². The van der Waals surface area contributed by atoms with Crippen LogP contribution in [0.1, 0.15) is 5.56 Å². The number of amides is 1. The predicted octanol–water partition coefficient (Wildman–Crippen LogP) is 1.53. The third-order valence-electron chi connectivity index (χ3n) is 2.23. The van der Waals surface area contributed by atoms with Crippen molar-refractivity contribution in [2.45, 2.75) is 6.92 Å². The van der Waals surface area contributed by atoms with Gasteiger partial charge in [0.05, 0.1) is 17.9 Å². The smallest absolute Gasteiger partial charge is 0.414 e. The monoisotopic (exact) mass is 192 g/mol. The molecular formula is C10H12N2O2. The van der Waals surface area contributed by atoms with Gasteiger partial charge in [-0.1, -0.05) is 6.07 Å². The average molecular weight is 192 g/mol. The summed E-state index contributed by atoms with van der Waals surface area (Å²) in [6.45, 7) is 2.97. The molecule has 1 aliphatic rings. The molecule has 1 saturated heterocycles. The van der Waals surface area contributed by atoms with Gasteiger partial charge in [-0.15, -0.1) is 0 Å². The Morgan fingerprint density at radius 3 is 2.86 bits per heavy atom. The van der Waals surface area contributed by atoms with Crippen LogP contribution in [0.5, 0.6) is 0 Å². The first-order valence-corrected chi connectivity index (χ1v) is 4.49. The molecule has 0 aromatic heterocycles. The largest absolute Gasteiger partial charge is 0.447 e. The summed E-state index contributed by atoms with van der Waals surface area (Å²) in [5.41, 5.74) is 8.25. The summed E-state index contributed by atoms with van der Waals surface area (Å²) in [6, 6.07) is 5.62. The van der Waals surface area contributed by atoms with Crippen LogP contribution >= 0.6 is 0 Å². The maximum absolute atomic E-state index is 11.3. The number of nitrogens with zero attached hydrogens (tertiary/aromatic N) is 1. The van der Waals surface area contributed by atoms with E-state index in [0.29, 0.717) is 18.8 Å². The van der Waals surface area contributed by atoms with Gasteiger partial charge < -0.3 is 10.5 Å². The molecule has 0 spiro atoms. The minimum atomic E-state index is -0.319. The number of benzene rings is 1. The molecule has 4 heteroatoms. The molecule has 1 fully saturated rings. The molecule has 74 valence electrons. The molecule has 4 nitrogen and oxygen atoms in total. The van der Waals surface area contributed by atoms with Gasteiger partial charge in [0.1, 0.15) is 6.61 Å². The summed E-state index contributed by atoms with van der Waals surface area (Å²) in [5.74, 6) is 0. The van der Waals surface area contributed by atoms with Crippen LogP contribution in [0, 0.1) is 6.92 Å². The van der Waals surface area contributed by atoms with Gasteiger partial charge >= 0.3 is 6.09 Å². The average Bonchev–Trinajstić information content (AvgIpc) is 2.52. The van der Waals surface area contributed by atoms with Gasteiger partial charge in [0, 0.05) is 0 Å². The van der Waals surface area contributed by atoms with Gasteiger partial charge in [-0.25, -0.2) is 4.79 Å². The fourth-order valence-electron chi connectivity index (χ4n) is 1.53. The van der Waals surface area contributed by atoms with E-state index in [1.807, 2.05) is 25.1 Å². The molecule has 1 aliphatic heterocycles. The minimum Gasteiger partial charge on any atom is -0.447 e. The zero-order chi connectivity index (χ0) is 10.1. The first-order chi connectivity index (χ1) is 6.68. The van der Waals surface area contributed by atoms with Crippen molar-refractivity contribution in [3.8, 4) is 0 Å². The lowest BCUT2D eigenvalue weighted by atomic mass is 10.2. The van der Waals surface area contributed by atoms with Crippen LogP contribution in [0.4, 0.5) is 16.2 Å². The van der Waals surface area contributed by atoms with Crippen molar-refractivity contribution < 1.29 is 9.53 Å². The molecule has 0 radical (unpaired) electrons. The Morgan fingerprint density at radius 2 is 2.29 bits per heavy atom. The Kier molecular flexibility index (Phi) is 2.04. The van der Waals surface area contributed by atoms with E-state index in [1.165, 1.54) is 0 Å². The number of anilines is 2. The van der Waals surface area contributed by atoms with Gasteiger partial charge in [0.2, 0.25) is 0 Å². The molecular weight excluding hydrogens is 180 g/mol. The number of hydrogen-bond donors (Lipinski definition) is 1. The molecule has 14 heavy (non-hydrogen) atoms. The van der Waals surface area contributed by atoms with Gasteiger partial charge in [-0.3, -0.25) is 4.90 Å². The standard InChI is InChI=1S/C10H12N2O2/c1-7-2-3-9(8(11)6-7)12-4-5-14-10(12)13/h2-3,6H,4-5,11H2,1H3. The second kappa shape index (κ2) is 3.21. The molecule has 0 aliphatic carbocycles. The Hall–Kier alpha value is -1.71. The van der Waals surface area contributed by atoms with Crippen molar-refractivity contribution in [2.75, 3.05) is 23.8 Å². The summed E-state index contributed by atoms with van der Waals surface area (Å²) in [4.78, 5) is 12.8. The lowest BCUT2D eigenvalue weighted by molar-refractivity contribution is 0.181. The van der Waals surface area contributed by atoms with Gasteiger partial charge in [0.15, 0.2) is 0 Å². The molecule has 0 atom stereocenters. The number of nitrogen functional groups attached to an aromatic ring is 1. The maximum Gasteiger partial charge on any atom is 0.414 e. The number of rotatable bonds is 1. The Balaban J connectivity index is 2.36. The van der Waals surface area contributed by atoms with Crippen molar-refractivity contribution in [3.63, 3.8) is 0 Å². The van der Waals surface area contributed by atoms with E-state index in [1.54, 1.807) is 4.90 Å². The quantitative estimate of drug-likeness (QED) is 0.686. The van der Waals surface area contributed by atoms with E-state index in [2.05, 4.69) is 0 Å². The number of carbonyl (C=O) groups is 1. The Labute approximate surface area is 82.3 Å². The highest BCUT2D eigenvalue weighted by Crippen LogP contribution is 2.26. The zero-order valence-corrected chi connectivity index (χ0v) is 7.99. The van der Waals surface area contributed by atoms with Gasteiger partial charge in [-0.2, -0.15) is 0 Å². The third-order valence-corrected chi connectivity index (χ3v) is 2.23. The number of aryl methyl sites for hydroxylation is 1. The molecule has 0 saturated carbocycles. The lowest BCUT2D eigenvalue weighted by Gasteiger charge is -2.15. The molecule has 1 aromatic carbocycles. The number of cyclic esters (lactones) is 1. The fourth-order valence-corrected chi connectivity index (χ4v) is 1.53. The van der Waals surface area contributed by atoms with E-state index in [4.69, 9.17) is 10.5 Å². The number of ether oxygens (including phenoxy) is 1. The van der Waals surface area contributed by atoms with E-state index in [9.17, 15) is 4.79 Å². The number of carbonyl (C=O) groups excluding carboxylic acids is 1. The first kappa shape index (κ1) is 8.87. The van der Waals surface area contributed by atoms with Crippen LogP contribution in [-0.4, -0.2) is 19.2 Å². The first-order valence-electron chi connectivity index (χ1n) is 4.49. The third kappa shape index (κ3) is 1.39. The summed E-state index contributed by atoms with van der Waals surface area (Å²) >= 11 is 0. The van der Waals surface area contributed by atoms with Crippen molar-refractivity contribution in [1.29, 1.82) is 0 Å². The highest BCUT2D eigenvalue weighted by molar-refractivity contribution is 5.93. The molecule has 1 aromatic rings.